The minimum Gasteiger partial charge on any atom is -0.504 e. The molecule has 0 unspecified atom stereocenters. The van der Waals surface area contributed by atoms with Gasteiger partial charge in [-0.25, -0.2) is 4.98 Å². The summed E-state index contributed by atoms with van der Waals surface area (Å²) in [5, 5.41) is 20.1. The maximum absolute atomic E-state index is 9.96. The van der Waals surface area contributed by atoms with Crippen LogP contribution in [0.15, 0.2) is 40.9 Å². The third-order valence-electron chi connectivity index (χ3n) is 3.21. The Balaban J connectivity index is 2.07. The highest BCUT2D eigenvalue weighted by atomic mass is 79.9. The third-order valence-corrected chi connectivity index (χ3v) is 4.86. The van der Waals surface area contributed by atoms with Crippen LogP contribution in [0.3, 0.4) is 0 Å². The van der Waals surface area contributed by atoms with E-state index >= 15 is 0 Å². The average molecular weight is 387 g/mol. The van der Waals surface area contributed by atoms with Crippen LogP contribution in [0.5, 0.6) is 11.5 Å². The Bertz CT molecular complexity index is 901. The number of hydrogen-bond acceptors (Lipinski definition) is 5. The molecule has 0 saturated heterocycles. The molecule has 1 aromatic heterocycles. The van der Waals surface area contributed by atoms with Gasteiger partial charge in [0.25, 0.3) is 0 Å². The summed E-state index contributed by atoms with van der Waals surface area (Å²) >= 11 is 4.81. The molecule has 1 heterocycles. The molecule has 6 heteroatoms. The molecule has 0 amide bonds. The highest BCUT2D eigenvalue weighted by molar-refractivity contribution is 9.10. The van der Waals surface area contributed by atoms with Crippen molar-refractivity contribution in [1.29, 1.82) is 5.26 Å². The first-order valence-electron chi connectivity index (χ1n) is 6.66. The zero-order valence-electron chi connectivity index (χ0n) is 12.1. The number of hydrogen-bond donors (Lipinski definition) is 1. The number of nitrogens with zero attached hydrogens (tertiary/aromatic N) is 2. The number of benzene rings is 2. The summed E-state index contributed by atoms with van der Waals surface area (Å²) in [6.07, 6.45) is 1.70. The summed E-state index contributed by atoms with van der Waals surface area (Å²) in [5.41, 5.74) is 2.00. The second-order valence-corrected chi connectivity index (χ2v) is 6.60. The van der Waals surface area contributed by atoms with Crippen LogP contribution in [0.4, 0.5) is 0 Å². The molecule has 0 bridgehead atoms. The van der Waals surface area contributed by atoms with Gasteiger partial charge >= 0.3 is 0 Å². The monoisotopic (exact) mass is 386 g/mol. The Morgan fingerprint density at radius 1 is 1.39 bits per heavy atom. The van der Waals surface area contributed by atoms with Crippen LogP contribution in [0, 0.1) is 11.3 Å². The number of aromatic nitrogens is 1. The van der Waals surface area contributed by atoms with Crippen molar-refractivity contribution in [2.45, 2.75) is 0 Å². The smallest absolute Gasteiger partial charge is 0.174 e. The topological polar surface area (TPSA) is 66.1 Å². The molecule has 0 atom stereocenters. The van der Waals surface area contributed by atoms with Gasteiger partial charge in [0, 0.05) is 0 Å². The number of phenols is 1. The molecule has 2 aromatic carbocycles. The van der Waals surface area contributed by atoms with Crippen LogP contribution in [0.25, 0.3) is 21.9 Å². The van der Waals surface area contributed by atoms with E-state index in [4.69, 9.17) is 4.74 Å². The lowest BCUT2D eigenvalue weighted by Gasteiger charge is -2.07. The molecule has 23 heavy (non-hydrogen) atoms. The number of para-hydroxylation sites is 1. The van der Waals surface area contributed by atoms with Crippen LogP contribution in [0.2, 0.25) is 0 Å². The molecule has 3 rings (SSSR count). The largest absolute Gasteiger partial charge is 0.504 e. The second-order valence-electron chi connectivity index (χ2n) is 4.71. The van der Waals surface area contributed by atoms with Crippen LogP contribution >= 0.6 is 27.3 Å². The van der Waals surface area contributed by atoms with E-state index in [0.717, 1.165) is 10.2 Å². The minimum atomic E-state index is 0.00900. The molecule has 114 valence electrons. The van der Waals surface area contributed by atoms with Gasteiger partial charge in [0.05, 0.1) is 27.4 Å². The van der Waals surface area contributed by atoms with E-state index in [2.05, 4.69) is 27.0 Å². The van der Waals surface area contributed by atoms with Gasteiger partial charge in [-0.3, -0.25) is 0 Å². The number of ether oxygens (including phenoxy) is 1. The van der Waals surface area contributed by atoms with Crippen LogP contribution in [0.1, 0.15) is 10.6 Å². The number of rotatable bonds is 3. The first-order valence-corrected chi connectivity index (χ1v) is 8.27. The molecule has 0 radical (unpaired) electrons. The van der Waals surface area contributed by atoms with Gasteiger partial charge in [-0.2, -0.15) is 5.26 Å². The maximum Gasteiger partial charge on any atom is 0.174 e. The third kappa shape index (κ3) is 3.07. The van der Waals surface area contributed by atoms with E-state index in [9.17, 15) is 10.4 Å². The van der Waals surface area contributed by atoms with E-state index in [-0.39, 0.29) is 5.75 Å². The lowest BCUT2D eigenvalue weighted by molar-refractivity contribution is 0.371. The van der Waals surface area contributed by atoms with E-state index in [0.29, 0.717) is 26.4 Å². The standard InChI is InChI=1S/C17H11BrN2O2S/c1-22-16-12(18)7-10(8-14(16)21)6-11(9-19)17-20-13-4-2-3-5-15(13)23-17/h2-8,21H,1H3. The van der Waals surface area contributed by atoms with Crippen molar-refractivity contribution < 1.29 is 9.84 Å². The predicted octanol–water partition coefficient (Wildman–Crippen LogP) is 4.84. The first kappa shape index (κ1) is 15.5. The minimum absolute atomic E-state index is 0.00900. The molecule has 4 nitrogen and oxygen atoms in total. The highest BCUT2D eigenvalue weighted by Crippen LogP contribution is 2.37. The van der Waals surface area contributed by atoms with Gasteiger partial charge < -0.3 is 9.84 Å². The molecule has 0 spiro atoms. The SMILES string of the molecule is COc1c(O)cc(C=C(C#N)c2nc3ccccc3s2)cc1Br. The molecule has 0 aliphatic rings. The fourth-order valence-electron chi connectivity index (χ4n) is 2.18. The number of fused-ring (bicyclic) bond motifs is 1. The van der Waals surface area contributed by atoms with E-state index in [1.54, 1.807) is 18.2 Å². The van der Waals surface area contributed by atoms with Crippen molar-refractivity contribution in [3.05, 3.63) is 51.4 Å². The van der Waals surface area contributed by atoms with Crippen molar-refractivity contribution in [1.82, 2.24) is 4.98 Å². The molecule has 0 fully saturated rings. The van der Waals surface area contributed by atoms with Crippen LogP contribution in [-0.4, -0.2) is 17.2 Å². The zero-order chi connectivity index (χ0) is 16.4. The number of aromatic hydroxyl groups is 1. The molecule has 1 N–H and O–H groups in total. The average Bonchev–Trinajstić information content (AvgIpc) is 2.96. The molecular weight excluding hydrogens is 376 g/mol. The van der Waals surface area contributed by atoms with Crippen LogP contribution < -0.4 is 4.74 Å². The molecular formula is C17H11BrN2O2S. The number of thiazole rings is 1. The quantitative estimate of drug-likeness (QED) is 0.654. The predicted molar refractivity (Wildman–Crippen MR) is 95.5 cm³/mol. The van der Waals surface area contributed by atoms with Gasteiger partial charge in [-0.05, 0) is 51.8 Å². The number of phenolic OH excluding ortho intramolecular Hbond substituents is 1. The summed E-state index contributed by atoms with van der Waals surface area (Å²) in [4.78, 5) is 4.49. The van der Waals surface area contributed by atoms with Gasteiger partial charge in [0.2, 0.25) is 0 Å². The summed E-state index contributed by atoms with van der Waals surface area (Å²) in [7, 11) is 1.48. The fourth-order valence-corrected chi connectivity index (χ4v) is 3.74. The Kier molecular flexibility index (Phi) is 4.33. The van der Waals surface area contributed by atoms with Crippen molar-refractivity contribution in [2.24, 2.45) is 0 Å². The number of allylic oxidation sites excluding steroid dienone is 1. The van der Waals surface area contributed by atoms with Crippen molar-refractivity contribution in [3.63, 3.8) is 0 Å². The Labute approximate surface area is 145 Å². The number of nitriles is 1. The molecule has 0 saturated carbocycles. The summed E-state index contributed by atoms with van der Waals surface area (Å²) in [6, 6.07) is 13.3. The number of methoxy groups -OCH3 is 1. The summed E-state index contributed by atoms with van der Waals surface area (Å²) in [6.45, 7) is 0. The summed E-state index contributed by atoms with van der Waals surface area (Å²) < 4.78 is 6.74. The maximum atomic E-state index is 9.96. The van der Waals surface area contributed by atoms with Crippen molar-refractivity contribution in [2.75, 3.05) is 7.11 Å². The van der Waals surface area contributed by atoms with Gasteiger partial charge in [-0.15, -0.1) is 11.3 Å². The Morgan fingerprint density at radius 2 is 2.17 bits per heavy atom. The summed E-state index contributed by atoms with van der Waals surface area (Å²) in [5.74, 6) is 0.371. The van der Waals surface area contributed by atoms with E-state index in [1.165, 1.54) is 18.4 Å². The first-order chi connectivity index (χ1) is 11.1. The Hall–Kier alpha value is -2.36. The van der Waals surface area contributed by atoms with Crippen molar-refractivity contribution in [3.8, 4) is 17.6 Å². The fraction of sp³-hybridized carbons (Fsp3) is 0.0588. The Morgan fingerprint density at radius 3 is 2.83 bits per heavy atom. The highest BCUT2D eigenvalue weighted by Gasteiger charge is 2.11. The lowest BCUT2D eigenvalue weighted by atomic mass is 10.1. The molecule has 3 aromatic rings. The van der Waals surface area contributed by atoms with Gasteiger partial charge in [0.1, 0.15) is 11.1 Å². The van der Waals surface area contributed by atoms with E-state index < -0.39 is 0 Å². The van der Waals surface area contributed by atoms with Crippen molar-refractivity contribution >= 4 is 49.1 Å². The normalized spacial score (nSPS) is 11.4. The van der Waals surface area contributed by atoms with E-state index in [1.807, 2.05) is 24.3 Å². The molecule has 0 aliphatic heterocycles. The zero-order valence-corrected chi connectivity index (χ0v) is 14.5. The van der Waals surface area contributed by atoms with Crippen LogP contribution in [-0.2, 0) is 0 Å². The van der Waals surface area contributed by atoms with Gasteiger partial charge in [-0.1, -0.05) is 12.1 Å². The van der Waals surface area contributed by atoms with Gasteiger partial charge in [0.15, 0.2) is 11.5 Å². The second kappa shape index (κ2) is 6.41. The lowest BCUT2D eigenvalue weighted by Crippen LogP contribution is -1.87. The molecule has 0 aliphatic carbocycles. The number of halogens is 1.